The van der Waals surface area contributed by atoms with E-state index in [4.69, 9.17) is 0 Å². The zero-order valence-corrected chi connectivity index (χ0v) is 7.54. The molecule has 0 bridgehead atoms. The molecule has 1 N–H and O–H groups in total. The minimum absolute atomic E-state index is 0.236. The minimum atomic E-state index is -4.45. The zero-order chi connectivity index (χ0) is 11.3. The summed E-state index contributed by atoms with van der Waals surface area (Å²) in [6.07, 6.45) is -4.45. The largest absolute Gasteiger partial charge is 0.414 e. The van der Waals surface area contributed by atoms with Gasteiger partial charge in [0.15, 0.2) is 6.61 Å². The van der Waals surface area contributed by atoms with Crippen LogP contribution in [-0.2, 0) is 4.84 Å². The van der Waals surface area contributed by atoms with Crippen molar-refractivity contribution in [3.63, 3.8) is 0 Å². The van der Waals surface area contributed by atoms with Gasteiger partial charge in [0.05, 0.1) is 0 Å². The smallest absolute Gasteiger partial charge is 0.267 e. The number of nitrogens with one attached hydrogen (secondary N) is 1. The highest BCUT2D eigenvalue weighted by molar-refractivity contribution is 5.93. The number of carbonyl (C=O) groups excluding carboxylic acids is 1. The number of benzene rings is 1. The van der Waals surface area contributed by atoms with Crippen LogP contribution in [0, 0.1) is 0 Å². The number of hydrogen-bond acceptors (Lipinski definition) is 2. The molecule has 0 saturated carbocycles. The molecule has 6 heteroatoms. The van der Waals surface area contributed by atoms with E-state index in [1.165, 1.54) is 12.1 Å². The summed E-state index contributed by atoms with van der Waals surface area (Å²) in [6, 6.07) is 7.81. The fraction of sp³-hybridized carbons (Fsp3) is 0.222. The Kier molecular flexibility index (Phi) is 3.68. The van der Waals surface area contributed by atoms with Crippen molar-refractivity contribution in [3.8, 4) is 0 Å². The van der Waals surface area contributed by atoms with Gasteiger partial charge in [-0.2, -0.15) is 13.2 Å². The highest BCUT2D eigenvalue weighted by atomic mass is 19.4. The molecule has 1 rings (SSSR count). The van der Waals surface area contributed by atoms with E-state index in [-0.39, 0.29) is 5.56 Å². The molecule has 0 radical (unpaired) electrons. The van der Waals surface area contributed by atoms with Gasteiger partial charge in [0.1, 0.15) is 0 Å². The molecular formula is C9H8F3NO2. The highest BCUT2D eigenvalue weighted by Crippen LogP contribution is 2.13. The van der Waals surface area contributed by atoms with Crippen molar-refractivity contribution in [1.29, 1.82) is 0 Å². The lowest BCUT2D eigenvalue weighted by molar-refractivity contribution is -0.184. The summed E-state index contributed by atoms with van der Waals surface area (Å²) in [5, 5.41) is 0. The third kappa shape index (κ3) is 4.46. The monoisotopic (exact) mass is 219 g/mol. The van der Waals surface area contributed by atoms with E-state index >= 15 is 0 Å². The Balaban J connectivity index is 2.38. The van der Waals surface area contributed by atoms with Crippen molar-refractivity contribution in [1.82, 2.24) is 5.48 Å². The van der Waals surface area contributed by atoms with E-state index in [1.807, 2.05) is 0 Å². The SMILES string of the molecule is O=C(NOCC(F)(F)F)c1ccccc1. The summed E-state index contributed by atoms with van der Waals surface area (Å²) in [6.45, 7) is -1.51. The number of hydroxylamine groups is 1. The van der Waals surface area contributed by atoms with Gasteiger partial charge in [-0.1, -0.05) is 18.2 Å². The topological polar surface area (TPSA) is 38.3 Å². The summed E-state index contributed by atoms with van der Waals surface area (Å²) in [5.74, 6) is -0.708. The second-order valence-corrected chi connectivity index (χ2v) is 2.70. The Morgan fingerprint density at radius 2 is 1.87 bits per heavy atom. The second kappa shape index (κ2) is 4.79. The molecule has 0 aliphatic rings. The lowest BCUT2D eigenvalue weighted by atomic mass is 10.2. The van der Waals surface area contributed by atoms with Crippen LogP contribution in [-0.4, -0.2) is 18.7 Å². The van der Waals surface area contributed by atoms with E-state index in [1.54, 1.807) is 23.7 Å². The van der Waals surface area contributed by atoms with Crippen LogP contribution in [0.3, 0.4) is 0 Å². The van der Waals surface area contributed by atoms with Crippen molar-refractivity contribution in [2.75, 3.05) is 6.61 Å². The number of alkyl halides is 3. The van der Waals surface area contributed by atoms with Gasteiger partial charge in [-0.3, -0.25) is 9.63 Å². The Labute approximate surface area is 83.8 Å². The molecule has 0 aliphatic heterocycles. The highest BCUT2D eigenvalue weighted by Gasteiger charge is 2.28. The number of rotatable bonds is 3. The zero-order valence-electron chi connectivity index (χ0n) is 7.54. The molecule has 1 amide bonds. The fourth-order valence-electron chi connectivity index (χ4n) is 0.832. The first-order valence-corrected chi connectivity index (χ1v) is 4.03. The summed E-state index contributed by atoms with van der Waals surface area (Å²) >= 11 is 0. The van der Waals surface area contributed by atoms with Crippen LogP contribution < -0.4 is 5.48 Å². The van der Waals surface area contributed by atoms with E-state index in [0.29, 0.717) is 0 Å². The van der Waals surface area contributed by atoms with Gasteiger partial charge in [0, 0.05) is 5.56 Å². The van der Waals surface area contributed by atoms with Gasteiger partial charge in [-0.25, -0.2) is 5.48 Å². The van der Waals surface area contributed by atoms with Crippen molar-refractivity contribution >= 4 is 5.91 Å². The van der Waals surface area contributed by atoms with Crippen LogP contribution >= 0.6 is 0 Å². The fourth-order valence-corrected chi connectivity index (χ4v) is 0.832. The van der Waals surface area contributed by atoms with Gasteiger partial charge in [0.25, 0.3) is 5.91 Å². The minimum Gasteiger partial charge on any atom is -0.267 e. The maximum atomic E-state index is 11.6. The van der Waals surface area contributed by atoms with Crippen LogP contribution in [0.1, 0.15) is 10.4 Å². The predicted octanol–water partition coefficient (Wildman–Crippen LogP) is 1.91. The number of carbonyl (C=O) groups is 1. The molecule has 15 heavy (non-hydrogen) atoms. The molecule has 0 aromatic heterocycles. The molecule has 0 saturated heterocycles. The van der Waals surface area contributed by atoms with Gasteiger partial charge in [-0.15, -0.1) is 0 Å². The Morgan fingerprint density at radius 3 is 2.40 bits per heavy atom. The van der Waals surface area contributed by atoms with Crippen molar-refractivity contribution < 1.29 is 22.8 Å². The Morgan fingerprint density at radius 1 is 1.27 bits per heavy atom. The van der Waals surface area contributed by atoms with Gasteiger partial charge in [0.2, 0.25) is 0 Å². The molecule has 0 aliphatic carbocycles. The standard InChI is InChI=1S/C9H8F3NO2/c10-9(11,12)6-15-13-8(14)7-4-2-1-3-5-7/h1-5H,6H2,(H,13,14). The van der Waals surface area contributed by atoms with Crippen molar-refractivity contribution in [3.05, 3.63) is 35.9 Å². The van der Waals surface area contributed by atoms with E-state index in [2.05, 4.69) is 4.84 Å². The Hall–Kier alpha value is -1.56. The molecule has 3 nitrogen and oxygen atoms in total. The average molecular weight is 219 g/mol. The first-order valence-electron chi connectivity index (χ1n) is 4.03. The first kappa shape index (κ1) is 11.5. The first-order chi connectivity index (χ1) is 6.99. The molecule has 0 heterocycles. The van der Waals surface area contributed by atoms with Crippen LogP contribution in [0.15, 0.2) is 30.3 Å². The molecule has 1 aromatic rings. The molecule has 0 spiro atoms. The summed E-state index contributed by atoms with van der Waals surface area (Å²) in [4.78, 5) is 15.1. The molecule has 0 atom stereocenters. The number of halogens is 3. The summed E-state index contributed by atoms with van der Waals surface area (Å²) in [7, 11) is 0. The summed E-state index contributed by atoms with van der Waals surface area (Å²) in [5.41, 5.74) is 1.93. The van der Waals surface area contributed by atoms with Gasteiger partial charge in [-0.05, 0) is 12.1 Å². The van der Waals surface area contributed by atoms with Crippen molar-refractivity contribution in [2.45, 2.75) is 6.18 Å². The van der Waals surface area contributed by atoms with Crippen molar-refractivity contribution in [2.24, 2.45) is 0 Å². The van der Waals surface area contributed by atoms with Crippen LogP contribution in [0.5, 0.6) is 0 Å². The van der Waals surface area contributed by atoms with Gasteiger partial charge >= 0.3 is 6.18 Å². The quantitative estimate of drug-likeness (QED) is 0.788. The maximum Gasteiger partial charge on any atom is 0.414 e. The molecule has 0 unspecified atom stereocenters. The van der Waals surface area contributed by atoms with E-state index in [9.17, 15) is 18.0 Å². The lowest BCUT2D eigenvalue weighted by Crippen LogP contribution is -2.29. The van der Waals surface area contributed by atoms with Crippen LogP contribution in [0.4, 0.5) is 13.2 Å². The lowest BCUT2D eigenvalue weighted by Gasteiger charge is -2.07. The van der Waals surface area contributed by atoms with E-state index < -0.39 is 18.7 Å². The molecule has 0 fully saturated rings. The van der Waals surface area contributed by atoms with Crippen LogP contribution in [0.2, 0.25) is 0 Å². The molecule has 82 valence electrons. The normalized spacial score (nSPS) is 11.1. The Bertz CT molecular complexity index is 324. The predicted molar refractivity (Wildman–Crippen MR) is 45.9 cm³/mol. The van der Waals surface area contributed by atoms with Gasteiger partial charge < -0.3 is 0 Å². The van der Waals surface area contributed by atoms with E-state index in [0.717, 1.165) is 0 Å². The average Bonchev–Trinajstić information content (AvgIpc) is 2.17. The van der Waals surface area contributed by atoms with Crippen LogP contribution in [0.25, 0.3) is 0 Å². The molecule has 1 aromatic carbocycles. The molecular weight excluding hydrogens is 211 g/mol. The third-order valence-electron chi connectivity index (χ3n) is 1.44. The third-order valence-corrected chi connectivity index (χ3v) is 1.44. The second-order valence-electron chi connectivity index (χ2n) is 2.70. The number of hydrogen-bond donors (Lipinski definition) is 1. The summed E-state index contributed by atoms with van der Waals surface area (Å²) < 4.78 is 34.9. The maximum absolute atomic E-state index is 11.6. The number of amides is 1.